The number of nitrogens with zero attached hydrogens (tertiary/aromatic N) is 2. The highest BCUT2D eigenvalue weighted by Gasteiger charge is 2.30. The van der Waals surface area contributed by atoms with E-state index in [0.717, 1.165) is 37.8 Å². The van der Waals surface area contributed by atoms with E-state index in [1.54, 1.807) is 18.3 Å². The fourth-order valence-electron chi connectivity index (χ4n) is 3.40. The Kier molecular flexibility index (Phi) is 5.01. The zero-order chi connectivity index (χ0) is 18.6. The number of hydrogen-bond donors (Lipinski definition) is 1. The van der Waals surface area contributed by atoms with Gasteiger partial charge in [0.2, 0.25) is 5.91 Å². The first-order valence-electron chi connectivity index (χ1n) is 9.52. The first-order chi connectivity index (χ1) is 13.2. The second kappa shape index (κ2) is 7.74. The van der Waals surface area contributed by atoms with Crippen molar-refractivity contribution in [1.29, 1.82) is 0 Å². The lowest BCUT2D eigenvalue weighted by Crippen LogP contribution is -2.34. The number of benzene rings is 1. The zero-order valence-electron chi connectivity index (χ0n) is 15.2. The number of amides is 2. The van der Waals surface area contributed by atoms with Gasteiger partial charge >= 0.3 is 0 Å². The smallest absolute Gasteiger partial charge is 0.254 e. The highest BCUT2D eigenvalue weighted by atomic mass is 16.2. The third kappa shape index (κ3) is 4.25. The number of likely N-dealkylation sites (tertiary alicyclic amines) is 1. The van der Waals surface area contributed by atoms with Gasteiger partial charge in [0.05, 0.1) is 6.04 Å². The van der Waals surface area contributed by atoms with E-state index < -0.39 is 0 Å². The van der Waals surface area contributed by atoms with Gasteiger partial charge in [-0.3, -0.25) is 9.59 Å². The SMILES string of the molecule is O=C(Nc1cc(C(=O)N2CCCC2/C=C/c2ccccc2)ccn1)C1CC1. The molecule has 5 heteroatoms. The Balaban J connectivity index is 1.46. The van der Waals surface area contributed by atoms with Gasteiger partial charge in [0, 0.05) is 24.2 Å². The van der Waals surface area contributed by atoms with Gasteiger partial charge in [-0.05, 0) is 43.4 Å². The van der Waals surface area contributed by atoms with E-state index in [0.29, 0.717) is 11.4 Å². The fraction of sp³-hybridized carbons (Fsp3) is 0.318. The van der Waals surface area contributed by atoms with Gasteiger partial charge in [0.15, 0.2) is 0 Å². The van der Waals surface area contributed by atoms with E-state index in [9.17, 15) is 9.59 Å². The Morgan fingerprint density at radius 2 is 1.93 bits per heavy atom. The minimum atomic E-state index is -0.0143. The van der Waals surface area contributed by atoms with Crippen LogP contribution >= 0.6 is 0 Å². The Hall–Kier alpha value is -2.95. The summed E-state index contributed by atoms with van der Waals surface area (Å²) in [5.41, 5.74) is 1.70. The number of pyridine rings is 1. The van der Waals surface area contributed by atoms with Crippen molar-refractivity contribution >= 4 is 23.7 Å². The molecule has 2 aliphatic rings. The van der Waals surface area contributed by atoms with Crippen molar-refractivity contribution in [2.75, 3.05) is 11.9 Å². The first kappa shape index (κ1) is 17.5. The molecule has 4 rings (SSSR count). The average Bonchev–Trinajstić information content (AvgIpc) is 3.45. The molecule has 27 heavy (non-hydrogen) atoms. The van der Waals surface area contributed by atoms with Crippen LogP contribution < -0.4 is 5.32 Å². The van der Waals surface area contributed by atoms with Gasteiger partial charge in [-0.25, -0.2) is 4.98 Å². The van der Waals surface area contributed by atoms with Crippen molar-refractivity contribution in [1.82, 2.24) is 9.88 Å². The molecule has 138 valence electrons. The highest BCUT2D eigenvalue weighted by molar-refractivity contribution is 5.97. The van der Waals surface area contributed by atoms with Crippen molar-refractivity contribution in [3.8, 4) is 0 Å². The second-order valence-electron chi connectivity index (χ2n) is 7.17. The molecule has 0 bridgehead atoms. The summed E-state index contributed by atoms with van der Waals surface area (Å²) in [5.74, 6) is 0.544. The van der Waals surface area contributed by atoms with Crippen LogP contribution in [0.25, 0.3) is 6.08 Å². The molecule has 1 aromatic carbocycles. The molecule has 1 aliphatic heterocycles. The highest BCUT2D eigenvalue weighted by Crippen LogP contribution is 2.30. The van der Waals surface area contributed by atoms with Crippen molar-refractivity contribution in [2.24, 2.45) is 5.92 Å². The van der Waals surface area contributed by atoms with Gasteiger partial charge in [0.25, 0.3) is 5.91 Å². The van der Waals surface area contributed by atoms with E-state index in [1.165, 1.54) is 0 Å². The molecule has 1 unspecified atom stereocenters. The van der Waals surface area contributed by atoms with Gasteiger partial charge in [-0.15, -0.1) is 0 Å². The number of rotatable bonds is 5. The summed E-state index contributed by atoms with van der Waals surface area (Å²) in [5, 5.41) is 2.81. The largest absolute Gasteiger partial charge is 0.332 e. The number of anilines is 1. The fourth-order valence-corrected chi connectivity index (χ4v) is 3.40. The predicted molar refractivity (Wildman–Crippen MR) is 105 cm³/mol. The molecule has 1 aliphatic carbocycles. The number of hydrogen-bond acceptors (Lipinski definition) is 3. The summed E-state index contributed by atoms with van der Waals surface area (Å²) < 4.78 is 0. The van der Waals surface area contributed by atoms with Crippen LogP contribution in [0.5, 0.6) is 0 Å². The van der Waals surface area contributed by atoms with E-state index >= 15 is 0 Å². The van der Waals surface area contributed by atoms with Crippen LogP contribution in [0.2, 0.25) is 0 Å². The minimum Gasteiger partial charge on any atom is -0.332 e. The topological polar surface area (TPSA) is 62.3 Å². The molecule has 0 radical (unpaired) electrons. The summed E-state index contributed by atoms with van der Waals surface area (Å²) >= 11 is 0. The van der Waals surface area contributed by atoms with Crippen LogP contribution in [-0.4, -0.2) is 34.3 Å². The maximum atomic E-state index is 13.0. The molecule has 2 aromatic rings. The van der Waals surface area contributed by atoms with Crippen LogP contribution in [-0.2, 0) is 4.79 Å². The van der Waals surface area contributed by atoms with Gasteiger partial charge in [-0.1, -0.05) is 42.5 Å². The van der Waals surface area contributed by atoms with Gasteiger partial charge in [-0.2, -0.15) is 0 Å². The van der Waals surface area contributed by atoms with Crippen LogP contribution in [0.4, 0.5) is 5.82 Å². The molecule has 1 saturated heterocycles. The molecular formula is C22H23N3O2. The molecule has 2 amide bonds. The van der Waals surface area contributed by atoms with E-state index in [4.69, 9.17) is 0 Å². The predicted octanol–water partition coefficient (Wildman–Crippen LogP) is 3.75. The lowest BCUT2D eigenvalue weighted by Gasteiger charge is -2.22. The van der Waals surface area contributed by atoms with Gasteiger partial charge < -0.3 is 10.2 Å². The molecule has 1 N–H and O–H groups in total. The Morgan fingerprint density at radius 1 is 1.11 bits per heavy atom. The first-order valence-corrected chi connectivity index (χ1v) is 9.52. The standard InChI is InChI=1S/C22H23N3O2/c26-21(17-9-10-17)24-20-15-18(12-13-23-20)22(27)25-14-4-7-19(25)11-8-16-5-2-1-3-6-16/h1-3,5-6,8,11-13,15,17,19H,4,7,9-10,14H2,(H,23,24,26)/b11-8+. The van der Waals surface area contributed by atoms with E-state index in [1.807, 2.05) is 23.1 Å². The van der Waals surface area contributed by atoms with Crippen LogP contribution in [0.15, 0.2) is 54.7 Å². The number of carbonyl (C=O) groups excluding carboxylic acids is 2. The summed E-state index contributed by atoms with van der Waals surface area (Å²) in [6.07, 6.45) is 9.60. The van der Waals surface area contributed by atoms with Crippen molar-refractivity contribution in [2.45, 2.75) is 31.7 Å². The molecule has 1 saturated carbocycles. The minimum absolute atomic E-state index is 0.00283. The van der Waals surface area contributed by atoms with E-state index in [2.05, 4.69) is 34.6 Å². The number of aromatic nitrogens is 1. The second-order valence-corrected chi connectivity index (χ2v) is 7.17. The average molecular weight is 361 g/mol. The molecule has 1 aromatic heterocycles. The van der Waals surface area contributed by atoms with Crippen molar-refractivity contribution in [3.05, 3.63) is 65.9 Å². The summed E-state index contributed by atoms with van der Waals surface area (Å²) in [4.78, 5) is 31.0. The van der Waals surface area contributed by atoms with Crippen LogP contribution in [0.1, 0.15) is 41.6 Å². The van der Waals surface area contributed by atoms with E-state index in [-0.39, 0.29) is 23.8 Å². The molecule has 5 nitrogen and oxygen atoms in total. The maximum absolute atomic E-state index is 13.0. The number of nitrogens with one attached hydrogen (secondary N) is 1. The molecule has 2 heterocycles. The van der Waals surface area contributed by atoms with Gasteiger partial charge in [0.1, 0.15) is 5.82 Å². The molecular weight excluding hydrogens is 338 g/mol. The Bertz CT molecular complexity index is 859. The quantitative estimate of drug-likeness (QED) is 0.882. The normalized spacial score (nSPS) is 19.4. The summed E-state index contributed by atoms with van der Waals surface area (Å²) in [6.45, 7) is 0.745. The molecule has 2 fully saturated rings. The number of carbonyl (C=O) groups is 2. The molecule has 1 atom stereocenters. The lowest BCUT2D eigenvalue weighted by atomic mass is 10.1. The van der Waals surface area contributed by atoms with Crippen molar-refractivity contribution < 1.29 is 9.59 Å². The van der Waals surface area contributed by atoms with Crippen LogP contribution in [0, 0.1) is 5.92 Å². The Labute approximate surface area is 159 Å². The third-order valence-corrected chi connectivity index (χ3v) is 5.08. The summed E-state index contributed by atoms with van der Waals surface area (Å²) in [6, 6.07) is 13.6. The van der Waals surface area contributed by atoms with Crippen molar-refractivity contribution in [3.63, 3.8) is 0 Å². The maximum Gasteiger partial charge on any atom is 0.254 e. The monoisotopic (exact) mass is 361 g/mol. The van der Waals surface area contributed by atoms with Crippen LogP contribution in [0.3, 0.4) is 0 Å². The summed E-state index contributed by atoms with van der Waals surface area (Å²) in [7, 11) is 0. The zero-order valence-corrected chi connectivity index (χ0v) is 15.2. The third-order valence-electron chi connectivity index (χ3n) is 5.08. The Morgan fingerprint density at radius 3 is 2.70 bits per heavy atom. The lowest BCUT2D eigenvalue weighted by molar-refractivity contribution is -0.117. The molecule has 0 spiro atoms.